The molecule has 1 unspecified atom stereocenters. The molecule has 0 bridgehead atoms. The number of carboxylic acids is 1. The summed E-state index contributed by atoms with van der Waals surface area (Å²) in [5.74, 6) is 1.27. The molecular weight excluding hydrogens is 448 g/mol. The number of aromatic carboxylic acids is 1. The zero-order valence-electron chi connectivity index (χ0n) is 18.4. The Kier molecular flexibility index (Phi) is 6.09. The lowest BCUT2D eigenvalue weighted by Crippen LogP contribution is -2.01. The molecule has 9 heteroatoms. The lowest BCUT2D eigenvalue weighted by Gasteiger charge is -2.15. The molecule has 0 aliphatic heterocycles. The van der Waals surface area contributed by atoms with E-state index in [0.717, 1.165) is 45.8 Å². The van der Waals surface area contributed by atoms with Crippen LogP contribution < -0.4 is 0 Å². The largest absolute Gasteiger partial charge is 0.478 e. The second-order valence-electron chi connectivity index (χ2n) is 7.78. The van der Waals surface area contributed by atoms with Gasteiger partial charge in [-0.15, -0.1) is 22.0 Å². The fraction of sp³-hybridized carbons (Fsp3) is 0.160. The van der Waals surface area contributed by atoms with Crippen LogP contribution in [0.4, 0.5) is 0 Å². The second kappa shape index (κ2) is 9.48. The number of imidazole rings is 1. The molecule has 2 heterocycles. The van der Waals surface area contributed by atoms with Crippen LogP contribution in [-0.4, -0.2) is 47.4 Å². The highest BCUT2D eigenvalue weighted by Crippen LogP contribution is 2.37. The van der Waals surface area contributed by atoms with Crippen LogP contribution >= 0.6 is 11.8 Å². The molecule has 0 saturated carbocycles. The maximum Gasteiger partial charge on any atom is 0.337 e. The van der Waals surface area contributed by atoms with Crippen LogP contribution in [0.2, 0.25) is 0 Å². The van der Waals surface area contributed by atoms with Gasteiger partial charge in [-0.2, -0.15) is 5.21 Å². The van der Waals surface area contributed by atoms with Crippen LogP contribution in [0.5, 0.6) is 0 Å². The Morgan fingerprint density at radius 3 is 2.53 bits per heavy atom. The Morgan fingerprint density at radius 1 is 1.03 bits per heavy atom. The number of nitrogens with zero attached hydrogens (tertiary/aromatic N) is 4. The van der Waals surface area contributed by atoms with E-state index >= 15 is 0 Å². The highest BCUT2D eigenvalue weighted by atomic mass is 32.2. The van der Waals surface area contributed by atoms with Crippen molar-refractivity contribution in [3.8, 4) is 22.5 Å². The number of H-pyrrole nitrogens is 2. The molecule has 0 aliphatic carbocycles. The topological polar surface area (TPSA) is 120 Å². The smallest absolute Gasteiger partial charge is 0.337 e. The van der Waals surface area contributed by atoms with Crippen molar-refractivity contribution in [3.05, 3.63) is 83.7 Å². The molecule has 0 saturated heterocycles. The molecule has 0 spiro atoms. The minimum absolute atomic E-state index is 0.0458. The fourth-order valence-corrected chi connectivity index (χ4v) is 5.05. The molecule has 3 aromatic carbocycles. The van der Waals surface area contributed by atoms with Gasteiger partial charge in [0, 0.05) is 5.56 Å². The summed E-state index contributed by atoms with van der Waals surface area (Å²) >= 11 is 1.79. The highest BCUT2D eigenvalue weighted by Gasteiger charge is 2.21. The molecule has 0 aliphatic rings. The Bertz CT molecular complexity index is 1430. The van der Waals surface area contributed by atoms with E-state index in [-0.39, 0.29) is 10.8 Å². The van der Waals surface area contributed by atoms with Crippen LogP contribution in [0.3, 0.4) is 0 Å². The summed E-state index contributed by atoms with van der Waals surface area (Å²) in [5, 5.41) is 23.9. The molecular formula is C25H22N6O2S. The monoisotopic (exact) mass is 470 g/mol. The lowest BCUT2D eigenvalue weighted by molar-refractivity contribution is 0.0699. The van der Waals surface area contributed by atoms with Gasteiger partial charge < -0.3 is 10.1 Å². The molecule has 0 radical (unpaired) electrons. The highest BCUT2D eigenvalue weighted by molar-refractivity contribution is 7.99. The van der Waals surface area contributed by atoms with Crippen molar-refractivity contribution in [2.24, 2.45) is 0 Å². The minimum atomic E-state index is -0.981. The van der Waals surface area contributed by atoms with Gasteiger partial charge in [0.25, 0.3) is 0 Å². The first kappa shape index (κ1) is 21.8. The first-order valence-electron chi connectivity index (χ1n) is 10.9. The lowest BCUT2D eigenvalue weighted by atomic mass is 9.97. The number of benzene rings is 3. The third kappa shape index (κ3) is 4.17. The SMILES string of the molecule is CCCSC(c1ccc(-c2ccccc2-c2nn[nH]n2)cc1)c1nc2c(C(=O)O)cccc2[nH]1. The van der Waals surface area contributed by atoms with Gasteiger partial charge in [0.15, 0.2) is 0 Å². The van der Waals surface area contributed by atoms with Gasteiger partial charge in [-0.25, -0.2) is 9.78 Å². The number of fused-ring (bicyclic) bond motifs is 1. The van der Waals surface area contributed by atoms with Gasteiger partial charge in [-0.1, -0.05) is 61.5 Å². The predicted octanol–water partition coefficient (Wildman–Crippen LogP) is 5.34. The quantitative estimate of drug-likeness (QED) is 0.280. The Morgan fingerprint density at radius 2 is 1.82 bits per heavy atom. The molecule has 0 amide bonds. The number of nitrogens with one attached hydrogen (secondary N) is 2. The standard InChI is InChI=1S/C25H22N6O2S/c1-2-14-34-22(24-26-20-9-5-8-19(25(32)33)21(20)27-24)16-12-10-15(11-13-16)17-6-3-4-7-18(17)23-28-30-31-29-23/h3-13,22H,2,14H2,1H3,(H,26,27)(H,32,33)(H,28,29,30,31). The van der Waals surface area contributed by atoms with Crippen LogP contribution in [0.1, 0.15) is 40.3 Å². The van der Waals surface area contributed by atoms with Crippen molar-refractivity contribution in [1.29, 1.82) is 0 Å². The number of para-hydroxylation sites is 1. The van der Waals surface area contributed by atoms with Crippen molar-refractivity contribution in [2.75, 3.05) is 5.75 Å². The molecule has 2 aromatic heterocycles. The number of aromatic amines is 2. The molecule has 1 atom stereocenters. The Hall–Kier alpha value is -3.98. The number of thioether (sulfide) groups is 1. The summed E-state index contributed by atoms with van der Waals surface area (Å²) in [5.41, 5.74) is 5.46. The average Bonchev–Trinajstić information content (AvgIpc) is 3.55. The van der Waals surface area contributed by atoms with Gasteiger partial charge in [0.1, 0.15) is 11.3 Å². The van der Waals surface area contributed by atoms with Gasteiger partial charge in [0.05, 0.1) is 16.3 Å². The number of aromatic nitrogens is 6. The second-order valence-corrected chi connectivity index (χ2v) is 9.00. The third-order valence-corrected chi connectivity index (χ3v) is 7.01. The normalized spacial score (nSPS) is 12.1. The first-order chi connectivity index (χ1) is 16.7. The maximum atomic E-state index is 11.6. The van der Waals surface area contributed by atoms with Crippen molar-refractivity contribution in [3.63, 3.8) is 0 Å². The molecule has 5 aromatic rings. The minimum Gasteiger partial charge on any atom is -0.478 e. The number of rotatable bonds is 8. The van der Waals surface area contributed by atoms with Crippen LogP contribution in [0.15, 0.2) is 66.7 Å². The van der Waals surface area contributed by atoms with Gasteiger partial charge in [0.2, 0.25) is 5.82 Å². The van der Waals surface area contributed by atoms with Crippen molar-refractivity contribution in [1.82, 2.24) is 30.6 Å². The zero-order valence-corrected chi connectivity index (χ0v) is 19.2. The number of tetrazole rings is 1. The van der Waals surface area contributed by atoms with Crippen LogP contribution in [0, 0.1) is 0 Å². The number of hydrogen-bond donors (Lipinski definition) is 3. The van der Waals surface area contributed by atoms with E-state index in [1.807, 2.05) is 30.3 Å². The molecule has 8 nitrogen and oxygen atoms in total. The summed E-state index contributed by atoms with van der Waals surface area (Å²) in [6, 6.07) is 21.5. The van der Waals surface area contributed by atoms with E-state index in [1.165, 1.54) is 0 Å². The summed E-state index contributed by atoms with van der Waals surface area (Å²) in [6.45, 7) is 2.14. The van der Waals surface area contributed by atoms with E-state index in [0.29, 0.717) is 11.3 Å². The number of carbonyl (C=O) groups is 1. The van der Waals surface area contributed by atoms with E-state index in [9.17, 15) is 9.90 Å². The molecule has 5 rings (SSSR count). The molecule has 170 valence electrons. The summed E-state index contributed by atoms with van der Waals surface area (Å²) in [6.07, 6.45) is 1.03. The zero-order chi connectivity index (χ0) is 23.5. The predicted molar refractivity (Wildman–Crippen MR) is 133 cm³/mol. The van der Waals surface area contributed by atoms with E-state index < -0.39 is 5.97 Å². The summed E-state index contributed by atoms with van der Waals surface area (Å²) < 4.78 is 0. The molecule has 0 fully saturated rings. The number of hydrogen-bond acceptors (Lipinski definition) is 6. The summed E-state index contributed by atoms with van der Waals surface area (Å²) in [7, 11) is 0. The molecule has 3 N–H and O–H groups in total. The van der Waals surface area contributed by atoms with Crippen LogP contribution in [0.25, 0.3) is 33.5 Å². The van der Waals surface area contributed by atoms with E-state index in [1.54, 1.807) is 23.9 Å². The van der Waals surface area contributed by atoms with Crippen molar-refractivity contribution >= 4 is 28.8 Å². The van der Waals surface area contributed by atoms with E-state index in [2.05, 4.69) is 56.8 Å². The van der Waals surface area contributed by atoms with Crippen LogP contribution in [-0.2, 0) is 0 Å². The average molecular weight is 471 g/mol. The third-order valence-electron chi connectivity index (χ3n) is 5.54. The van der Waals surface area contributed by atoms with Crippen molar-refractivity contribution in [2.45, 2.75) is 18.6 Å². The van der Waals surface area contributed by atoms with Gasteiger partial charge >= 0.3 is 5.97 Å². The Labute approximate surface area is 199 Å². The van der Waals surface area contributed by atoms with E-state index in [4.69, 9.17) is 4.98 Å². The van der Waals surface area contributed by atoms with Gasteiger partial charge in [-0.05, 0) is 46.2 Å². The Balaban J connectivity index is 1.52. The summed E-state index contributed by atoms with van der Waals surface area (Å²) in [4.78, 5) is 19.7. The maximum absolute atomic E-state index is 11.6. The fourth-order valence-electron chi connectivity index (χ4n) is 3.96. The van der Waals surface area contributed by atoms with Gasteiger partial charge in [-0.3, -0.25) is 0 Å². The number of carboxylic acid groups (broad SMARTS) is 1. The first-order valence-corrected chi connectivity index (χ1v) is 12.0. The molecule has 34 heavy (non-hydrogen) atoms. The van der Waals surface area contributed by atoms with Crippen molar-refractivity contribution < 1.29 is 9.90 Å².